The zero-order chi connectivity index (χ0) is 9.52. The van der Waals surface area contributed by atoms with Gasteiger partial charge in [-0.25, -0.2) is 0 Å². The standard InChI is InChI=1S/C10H16FNS/c1-9(12-5-2-4-11)7-10-3-6-13-8-10/h3,6,8-9,12H,2,4-5,7H2,1H3. The molecular formula is C10H16FNS. The molecule has 1 atom stereocenters. The van der Waals surface area contributed by atoms with E-state index in [1.165, 1.54) is 5.56 Å². The van der Waals surface area contributed by atoms with Gasteiger partial charge in [-0.3, -0.25) is 4.39 Å². The van der Waals surface area contributed by atoms with Crippen molar-refractivity contribution in [3.05, 3.63) is 22.4 Å². The maximum absolute atomic E-state index is 11.8. The van der Waals surface area contributed by atoms with Crippen molar-refractivity contribution in [2.45, 2.75) is 25.8 Å². The van der Waals surface area contributed by atoms with Crippen LogP contribution in [-0.4, -0.2) is 19.3 Å². The maximum Gasteiger partial charge on any atom is 0.0906 e. The highest BCUT2D eigenvalue weighted by molar-refractivity contribution is 7.07. The topological polar surface area (TPSA) is 12.0 Å². The van der Waals surface area contributed by atoms with Crippen molar-refractivity contribution in [3.63, 3.8) is 0 Å². The fraction of sp³-hybridized carbons (Fsp3) is 0.600. The van der Waals surface area contributed by atoms with Gasteiger partial charge in [0.05, 0.1) is 6.67 Å². The molecule has 0 saturated heterocycles. The third-order valence-corrected chi connectivity index (χ3v) is 2.66. The Morgan fingerprint density at radius 2 is 2.46 bits per heavy atom. The summed E-state index contributed by atoms with van der Waals surface area (Å²) in [5.74, 6) is 0. The molecule has 1 aromatic heterocycles. The lowest BCUT2D eigenvalue weighted by Crippen LogP contribution is -2.29. The number of hydrogen-bond acceptors (Lipinski definition) is 2. The van der Waals surface area contributed by atoms with E-state index in [4.69, 9.17) is 0 Å². The first-order valence-corrected chi connectivity index (χ1v) is 5.57. The lowest BCUT2D eigenvalue weighted by molar-refractivity contribution is 0.442. The van der Waals surface area contributed by atoms with Gasteiger partial charge in [0, 0.05) is 6.04 Å². The number of alkyl halides is 1. The Kier molecular flexibility index (Phi) is 5.01. The number of rotatable bonds is 6. The normalized spacial score (nSPS) is 13.1. The first-order valence-electron chi connectivity index (χ1n) is 4.63. The van der Waals surface area contributed by atoms with Crippen LogP contribution in [0.4, 0.5) is 4.39 Å². The van der Waals surface area contributed by atoms with E-state index in [9.17, 15) is 4.39 Å². The van der Waals surface area contributed by atoms with Crippen molar-refractivity contribution in [1.29, 1.82) is 0 Å². The van der Waals surface area contributed by atoms with E-state index in [1.807, 2.05) is 0 Å². The van der Waals surface area contributed by atoms with Crippen molar-refractivity contribution >= 4 is 11.3 Å². The molecule has 0 radical (unpaired) electrons. The molecule has 1 heterocycles. The summed E-state index contributed by atoms with van der Waals surface area (Å²) >= 11 is 1.72. The average molecular weight is 201 g/mol. The van der Waals surface area contributed by atoms with Gasteiger partial charge >= 0.3 is 0 Å². The highest BCUT2D eigenvalue weighted by atomic mass is 32.1. The van der Waals surface area contributed by atoms with Crippen molar-refractivity contribution < 1.29 is 4.39 Å². The van der Waals surface area contributed by atoms with E-state index >= 15 is 0 Å². The molecule has 1 rings (SSSR count). The molecule has 0 aliphatic carbocycles. The van der Waals surface area contributed by atoms with Gasteiger partial charge in [-0.2, -0.15) is 11.3 Å². The molecule has 0 aliphatic heterocycles. The highest BCUT2D eigenvalue weighted by Gasteiger charge is 2.02. The SMILES string of the molecule is CC(Cc1ccsc1)NCCCF. The Bertz CT molecular complexity index is 211. The average Bonchev–Trinajstić information content (AvgIpc) is 2.57. The van der Waals surface area contributed by atoms with Crippen LogP contribution in [-0.2, 0) is 6.42 Å². The molecular weight excluding hydrogens is 185 g/mol. The van der Waals surface area contributed by atoms with Gasteiger partial charge in [0.15, 0.2) is 0 Å². The molecule has 0 aromatic carbocycles. The van der Waals surface area contributed by atoms with Crippen LogP contribution < -0.4 is 5.32 Å². The van der Waals surface area contributed by atoms with E-state index in [-0.39, 0.29) is 6.67 Å². The van der Waals surface area contributed by atoms with Gasteiger partial charge in [0.1, 0.15) is 0 Å². The highest BCUT2D eigenvalue weighted by Crippen LogP contribution is 2.08. The van der Waals surface area contributed by atoms with Crippen LogP contribution in [0.25, 0.3) is 0 Å². The lowest BCUT2D eigenvalue weighted by Gasteiger charge is -2.11. The molecule has 1 nitrogen and oxygen atoms in total. The summed E-state index contributed by atoms with van der Waals surface area (Å²) in [7, 11) is 0. The van der Waals surface area contributed by atoms with Crippen LogP contribution in [0.15, 0.2) is 16.8 Å². The molecule has 13 heavy (non-hydrogen) atoms. The first-order chi connectivity index (χ1) is 6.33. The van der Waals surface area contributed by atoms with E-state index in [0.717, 1.165) is 13.0 Å². The molecule has 1 unspecified atom stereocenters. The molecule has 0 fully saturated rings. The number of halogens is 1. The summed E-state index contributed by atoms with van der Waals surface area (Å²) in [5, 5.41) is 7.53. The van der Waals surface area contributed by atoms with Gasteiger partial charge in [0.2, 0.25) is 0 Å². The second-order valence-corrected chi connectivity index (χ2v) is 4.01. The van der Waals surface area contributed by atoms with Crippen LogP contribution in [0.1, 0.15) is 18.9 Å². The molecule has 0 amide bonds. The monoisotopic (exact) mass is 201 g/mol. The zero-order valence-corrected chi connectivity index (χ0v) is 8.74. The van der Waals surface area contributed by atoms with Gasteiger partial charge in [-0.1, -0.05) is 0 Å². The van der Waals surface area contributed by atoms with Crippen molar-refractivity contribution in [1.82, 2.24) is 5.32 Å². The van der Waals surface area contributed by atoms with E-state index in [0.29, 0.717) is 12.5 Å². The fourth-order valence-corrected chi connectivity index (χ4v) is 1.93. The largest absolute Gasteiger partial charge is 0.314 e. The fourth-order valence-electron chi connectivity index (χ4n) is 1.25. The smallest absolute Gasteiger partial charge is 0.0906 e. The minimum atomic E-state index is -0.224. The van der Waals surface area contributed by atoms with Crippen molar-refractivity contribution in [2.75, 3.05) is 13.2 Å². The summed E-state index contributed by atoms with van der Waals surface area (Å²) in [5.41, 5.74) is 1.37. The van der Waals surface area contributed by atoms with Crippen molar-refractivity contribution in [3.8, 4) is 0 Å². The number of nitrogens with one attached hydrogen (secondary N) is 1. The molecule has 1 N–H and O–H groups in total. The van der Waals surface area contributed by atoms with Gasteiger partial charge in [-0.15, -0.1) is 0 Å². The lowest BCUT2D eigenvalue weighted by atomic mass is 10.1. The molecule has 0 bridgehead atoms. The Labute approximate surface area is 83.0 Å². The van der Waals surface area contributed by atoms with Crippen LogP contribution >= 0.6 is 11.3 Å². The summed E-state index contributed by atoms with van der Waals surface area (Å²) in [6, 6.07) is 2.58. The second kappa shape index (κ2) is 6.11. The Hall–Kier alpha value is -0.410. The molecule has 0 spiro atoms. The molecule has 0 saturated carbocycles. The number of thiophene rings is 1. The molecule has 74 valence electrons. The predicted molar refractivity (Wildman–Crippen MR) is 56.1 cm³/mol. The summed E-state index contributed by atoms with van der Waals surface area (Å²) in [6.07, 6.45) is 1.66. The molecule has 0 aliphatic rings. The third kappa shape index (κ3) is 4.39. The molecule has 1 aromatic rings. The summed E-state index contributed by atoms with van der Waals surface area (Å²) < 4.78 is 11.8. The van der Waals surface area contributed by atoms with Crippen LogP contribution in [0, 0.1) is 0 Å². The summed E-state index contributed by atoms with van der Waals surface area (Å²) in [6.45, 7) is 2.69. The van der Waals surface area contributed by atoms with E-state index in [1.54, 1.807) is 11.3 Å². The van der Waals surface area contributed by atoms with Crippen molar-refractivity contribution in [2.24, 2.45) is 0 Å². The number of hydrogen-bond donors (Lipinski definition) is 1. The van der Waals surface area contributed by atoms with E-state index < -0.39 is 0 Å². The molecule has 3 heteroatoms. The minimum Gasteiger partial charge on any atom is -0.314 e. The van der Waals surface area contributed by atoms with E-state index in [2.05, 4.69) is 29.1 Å². The van der Waals surface area contributed by atoms with Gasteiger partial charge in [0.25, 0.3) is 0 Å². The quantitative estimate of drug-likeness (QED) is 0.698. The zero-order valence-electron chi connectivity index (χ0n) is 7.92. The Balaban J connectivity index is 2.14. The van der Waals surface area contributed by atoms with Crippen LogP contribution in [0.5, 0.6) is 0 Å². The Morgan fingerprint density at radius 3 is 3.08 bits per heavy atom. The van der Waals surface area contributed by atoms with Gasteiger partial charge < -0.3 is 5.32 Å². The Morgan fingerprint density at radius 1 is 1.62 bits per heavy atom. The van der Waals surface area contributed by atoms with Crippen LogP contribution in [0.3, 0.4) is 0 Å². The second-order valence-electron chi connectivity index (χ2n) is 3.23. The minimum absolute atomic E-state index is 0.224. The third-order valence-electron chi connectivity index (χ3n) is 1.93. The first kappa shape index (κ1) is 10.7. The van der Waals surface area contributed by atoms with Crippen LogP contribution in [0.2, 0.25) is 0 Å². The summed E-state index contributed by atoms with van der Waals surface area (Å²) in [4.78, 5) is 0. The van der Waals surface area contributed by atoms with Gasteiger partial charge in [-0.05, 0) is 48.7 Å². The maximum atomic E-state index is 11.8. The predicted octanol–water partition coefficient (Wildman–Crippen LogP) is 2.63.